The first-order chi connectivity index (χ1) is 11.7. The summed E-state index contributed by atoms with van der Waals surface area (Å²) in [5.41, 5.74) is 0. The number of halogens is 3. The van der Waals surface area contributed by atoms with Crippen LogP contribution in [0.15, 0.2) is 29.6 Å². The third-order valence-corrected chi connectivity index (χ3v) is 4.98. The Morgan fingerprint density at radius 3 is 2.80 bits per heavy atom. The molecule has 3 rings (SSSR count). The van der Waals surface area contributed by atoms with Gasteiger partial charge in [-0.15, -0.1) is 0 Å². The molecule has 8 nitrogen and oxygen atoms in total. The fourth-order valence-electron chi connectivity index (χ4n) is 2.42. The van der Waals surface area contributed by atoms with Gasteiger partial charge in [-0.1, -0.05) is 0 Å². The third-order valence-electron chi connectivity index (χ3n) is 3.52. The zero-order chi connectivity index (χ0) is 18.1. The number of rotatable bonds is 5. The van der Waals surface area contributed by atoms with Crippen molar-refractivity contribution >= 4 is 10.0 Å². The quantitative estimate of drug-likeness (QED) is 0.846. The molecule has 0 saturated carbocycles. The average molecular weight is 377 g/mol. The Bertz CT molecular complexity index is 835. The van der Waals surface area contributed by atoms with Gasteiger partial charge in [0.2, 0.25) is 15.9 Å². The van der Waals surface area contributed by atoms with Gasteiger partial charge in [-0.2, -0.15) is 18.3 Å². The van der Waals surface area contributed by atoms with Gasteiger partial charge in [0.05, 0.1) is 12.2 Å². The number of hydrogen-bond acceptors (Lipinski definition) is 6. The van der Waals surface area contributed by atoms with E-state index in [-0.39, 0.29) is 10.8 Å². The van der Waals surface area contributed by atoms with Crippen LogP contribution in [0.3, 0.4) is 0 Å². The molecule has 1 aliphatic heterocycles. The second kappa shape index (κ2) is 6.59. The van der Waals surface area contributed by atoms with E-state index in [9.17, 15) is 21.6 Å². The summed E-state index contributed by atoms with van der Waals surface area (Å²) in [6, 6.07) is 1.68. The van der Waals surface area contributed by atoms with Gasteiger partial charge in [-0.3, -0.25) is 0 Å². The fraction of sp³-hybridized carbons (Fsp3) is 0.462. The summed E-state index contributed by atoms with van der Waals surface area (Å²) in [6.45, 7) is -0.831. The Hall–Kier alpha value is -2.21. The zero-order valence-corrected chi connectivity index (χ0v) is 13.6. The summed E-state index contributed by atoms with van der Waals surface area (Å²) in [5, 5.41) is 4.01. The van der Waals surface area contributed by atoms with E-state index >= 15 is 0 Å². The van der Waals surface area contributed by atoms with Gasteiger partial charge in [0.15, 0.2) is 6.61 Å². The van der Waals surface area contributed by atoms with Crippen LogP contribution in [0, 0.1) is 0 Å². The third kappa shape index (κ3) is 4.25. The van der Waals surface area contributed by atoms with Crippen molar-refractivity contribution in [1.82, 2.24) is 24.5 Å². The first-order valence-electron chi connectivity index (χ1n) is 7.30. The maximum Gasteiger partial charge on any atom is 0.422 e. The second-order valence-corrected chi connectivity index (χ2v) is 7.11. The molecule has 2 aromatic rings. The molecule has 0 aliphatic carbocycles. The number of pyridine rings is 1. The number of sulfonamides is 1. The summed E-state index contributed by atoms with van der Waals surface area (Å²) in [4.78, 5) is 7.48. The summed E-state index contributed by atoms with van der Waals surface area (Å²) < 4.78 is 69.7. The van der Waals surface area contributed by atoms with Gasteiger partial charge in [0.25, 0.3) is 0 Å². The van der Waals surface area contributed by atoms with Crippen LogP contribution in [-0.4, -0.2) is 40.9 Å². The van der Waals surface area contributed by atoms with E-state index in [1.807, 2.05) is 0 Å². The standard InChI is InChI=1S/C13H14F3N5O3S/c14-13(15,16)7-24-11-4-3-9(6-17-11)25(22,23)20-10-2-1-5-21-12(10)18-8-19-21/h3-4,6,8,10,20H,1-2,5,7H2. The van der Waals surface area contributed by atoms with E-state index in [0.29, 0.717) is 18.8 Å². The van der Waals surface area contributed by atoms with Crippen molar-refractivity contribution in [2.45, 2.75) is 36.5 Å². The molecule has 3 heterocycles. The van der Waals surface area contributed by atoms with E-state index < -0.39 is 28.8 Å². The monoisotopic (exact) mass is 377 g/mol. The van der Waals surface area contributed by atoms with Crippen LogP contribution in [0.5, 0.6) is 5.88 Å². The second-order valence-electron chi connectivity index (χ2n) is 5.39. The van der Waals surface area contributed by atoms with Crippen molar-refractivity contribution < 1.29 is 26.3 Å². The predicted octanol–water partition coefficient (Wildman–Crippen LogP) is 1.43. The van der Waals surface area contributed by atoms with Gasteiger partial charge >= 0.3 is 6.18 Å². The SMILES string of the molecule is O=S(=O)(NC1CCCn2ncnc21)c1ccc(OCC(F)(F)F)nc1. The minimum atomic E-state index is -4.50. The van der Waals surface area contributed by atoms with Crippen molar-refractivity contribution in [1.29, 1.82) is 0 Å². The lowest BCUT2D eigenvalue weighted by Crippen LogP contribution is -2.33. The number of nitrogens with one attached hydrogen (secondary N) is 1. The van der Waals surface area contributed by atoms with Crippen LogP contribution in [0.2, 0.25) is 0 Å². The Kier molecular flexibility index (Phi) is 4.64. The van der Waals surface area contributed by atoms with Gasteiger partial charge < -0.3 is 4.74 Å². The molecule has 1 N–H and O–H groups in total. The maximum absolute atomic E-state index is 12.4. The summed E-state index contributed by atoms with van der Waals surface area (Å²) in [7, 11) is -3.91. The highest BCUT2D eigenvalue weighted by Gasteiger charge is 2.29. The molecular formula is C13H14F3N5O3S. The molecule has 136 valence electrons. The van der Waals surface area contributed by atoms with Crippen molar-refractivity contribution in [3.05, 3.63) is 30.5 Å². The van der Waals surface area contributed by atoms with Crippen LogP contribution in [-0.2, 0) is 16.6 Å². The first-order valence-corrected chi connectivity index (χ1v) is 8.78. The van der Waals surface area contributed by atoms with Gasteiger partial charge in [0.1, 0.15) is 17.0 Å². The van der Waals surface area contributed by atoms with Crippen LogP contribution < -0.4 is 9.46 Å². The van der Waals surface area contributed by atoms with Crippen LogP contribution in [0.4, 0.5) is 13.2 Å². The fourth-order valence-corrected chi connectivity index (χ4v) is 3.60. The molecule has 0 radical (unpaired) electrons. The van der Waals surface area contributed by atoms with Crippen LogP contribution in [0.1, 0.15) is 24.7 Å². The molecule has 0 bridgehead atoms. The smallest absolute Gasteiger partial charge is 0.422 e. The van der Waals surface area contributed by atoms with E-state index in [1.54, 1.807) is 4.68 Å². The largest absolute Gasteiger partial charge is 0.468 e. The van der Waals surface area contributed by atoms with Crippen molar-refractivity contribution in [3.8, 4) is 5.88 Å². The minimum Gasteiger partial charge on any atom is -0.468 e. The zero-order valence-electron chi connectivity index (χ0n) is 12.8. The predicted molar refractivity (Wildman–Crippen MR) is 78.1 cm³/mol. The number of nitrogens with zero attached hydrogens (tertiary/aromatic N) is 4. The molecule has 0 spiro atoms. The summed E-state index contributed by atoms with van der Waals surface area (Å²) in [5.74, 6) is 0.210. The molecule has 2 aromatic heterocycles. The van der Waals surface area contributed by atoms with Crippen LogP contribution in [0.25, 0.3) is 0 Å². The lowest BCUT2D eigenvalue weighted by atomic mass is 10.1. The Morgan fingerprint density at radius 2 is 2.12 bits per heavy atom. The highest BCUT2D eigenvalue weighted by Crippen LogP contribution is 2.25. The van der Waals surface area contributed by atoms with E-state index in [0.717, 1.165) is 24.8 Å². The van der Waals surface area contributed by atoms with E-state index in [2.05, 4.69) is 24.5 Å². The molecule has 1 unspecified atom stereocenters. The molecular weight excluding hydrogens is 363 g/mol. The first kappa shape index (κ1) is 17.6. The highest BCUT2D eigenvalue weighted by molar-refractivity contribution is 7.89. The summed E-state index contributed by atoms with van der Waals surface area (Å²) in [6.07, 6.45) is -0.882. The molecule has 1 atom stereocenters. The molecule has 25 heavy (non-hydrogen) atoms. The molecule has 12 heteroatoms. The van der Waals surface area contributed by atoms with Gasteiger partial charge in [-0.25, -0.2) is 27.8 Å². The summed E-state index contributed by atoms with van der Waals surface area (Å²) >= 11 is 0. The van der Waals surface area contributed by atoms with E-state index in [4.69, 9.17) is 0 Å². The molecule has 0 fully saturated rings. The average Bonchev–Trinajstić information content (AvgIpc) is 3.02. The molecule has 1 aliphatic rings. The Balaban J connectivity index is 1.71. The number of hydrogen-bond donors (Lipinski definition) is 1. The van der Waals surface area contributed by atoms with Crippen molar-refractivity contribution in [3.63, 3.8) is 0 Å². The normalized spacial score (nSPS) is 18.0. The highest BCUT2D eigenvalue weighted by atomic mass is 32.2. The number of ether oxygens (including phenoxy) is 1. The number of alkyl halides is 3. The lowest BCUT2D eigenvalue weighted by Gasteiger charge is -2.22. The number of aromatic nitrogens is 4. The van der Waals surface area contributed by atoms with Crippen molar-refractivity contribution in [2.24, 2.45) is 0 Å². The molecule has 0 aromatic carbocycles. The minimum absolute atomic E-state index is 0.177. The van der Waals surface area contributed by atoms with E-state index in [1.165, 1.54) is 6.33 Å². The number of aryl methyl sites for hydroxylation is 1. The number of fused-ring (bicyclic) bond motifs is 1. The van der Waals surface area contributed by atoms with Crippen molar-refractivity contribution in [2.75, 3.05) is 6.61 Å². The topological polar surface area (TPSA) is 99.0 Å². The Morgan fingerprint density at radius 1 is 1.32 bits per heavy atom. The molecule has 0 saturated heterocycles. The molecule has 0 amide bonds. The van der Waals surface area contributed by atoms with Gasteiger partial charge in [-0.05, 0) is 18.9 Å². The van der Waals surface area contributed by atoms with Crippen LogP contribution >= 0.6 is 0 Å². The maximum atomic E-state index is 12.4. The van der Waals surface area contributed by atoms with Gasteiger partial charge in [0, 0.05) is 12.6 Å². The Labute approximate surface area is 141 Å². The lowest BCUT2D eigenvalue weighted by molar-refractivity contribution is -0.154.